The van der Waals surface area contributed by atoms with Crippen LogP contribution in [0.2, 0.25) is 0 Å². The van der Waals surface area contributed by atoms with E-state index in [1.54, 1.807) is 0 Å². The van der Waals surface area contributed by atoms with Crippen molar-refractivity contribution in [1.82, 2.24) is 4.90 Å². The summed E-state index contributed by atoms with van der Waals surface area (Å²) in [5.41, 5.74) is 0. The summed E-state index contributed by atoms with van der Waals surface area (Å²) in [5, 5.41) is 0. The molecule has 0 aromatic heterocycles. The second kappa shape index (κ2) is 4.99. The van der Waals surface area contributed by atoms with E-state index in [9.17, 15) is 0 Å². The lowest BCUT2D eigenvalue weighted by Crippen LogP contribution is -2.43. The largest absolute Gasteiger partial charge is 0.303 e. The quantitative estimate of drug-likeness (QED) is 0.649. The van der Waals surface area contributed by atoms with Crippen LogP contribution < -0.4 is 0 Å². The molecule has 1 heterocycles. The van der Waals surface area contributed by atoms with Crippen LogP contribution in [0, 0.1) is 11.8 Å². The first-order valence-corrected chi connectivity index (χ1v) is 5.85. The van der Waals surface area contributed by atoms with E-state index in [1.807, 2.05) is 0 Å². The fourth-order valence-electron chi connectivity index (χ4n) is 2.75. The van der Waals surface area contributed by atoms with Crippen LogP contribution in [0.3, 0.4) is 0 Å². The van der Waals surface area contributed by atoms with E-state index < -0.39 is 0 Å². The first kappa shape index (κ1) is 11.0. The molecule has 0 spiro atoms. The Morgan fingerprint density at radius 3 is 2.46 bits per heavy atom. The van der Waals surface area contributed by atoms with Gasteiger partial charge >= 0.3 is 0 Å². The molecule has 13 heavy (non-hydrogen) atoms. The molecule has 1 fully saturated rings. The van der Waals surface area contributed by atoms with Gasteiger partial charge in [0.15, 0.2) is 0 Å². The zero-order chi connectivity index (χ0) is 9.84. The number of hydrogen-bond donors (Lipinski definition) is 0. The van der Waals surface area contributed by atoms with Crippen molar-refractivity contribution in [2.75, 3.05) is 13.6 Å². The maximum absolute atomic E-state index is 2.58. The Balaban J connectivity index is 2.37. The lowest BCUT2D eigenvalue weighted by Gasteiger charge is -2.39. The van der Waals surface area contributed by atoms with Gasteiger partial charge in [0.1, 0.15) is 0 Å². The van der Waals surface area contributed by atoms with E-state index in [0.717, 1.165) is 17.9 Å². The lowest BCUT2D eigenvalue weighted by atomic mass is 9.86. The maximum Gasteiger partial charge on any atom is 0.0115 e. The third-order valence-electron chi connectivity index (χ3n) is 3.45. The zero-order valence-corrected chi connectivity index (χ0v) is 9.71. The Morgan fingerprint density at radius 2 is 2.00 bits per heavy atom. The molecule has 0 aliphatic carbocycles. The highest BCUT2D eigenvalue weighted by Gasteiger charge is 2.26. The third kappa shape index (κ3) is 2.98. The summed E-state index contributed by atoms with van der Waals surface area (Å²) in [6.45, 7) is 8.33. The molecule has 2 unspecified atom stereocenters. The Kier molecular flexibility index (Phi) is 4.24. The van der Waals surface area contributed by atoms with Crippen molar-refractivity contribution >= 4 is 0 Å². The van der Waals surface area contributed by atoms with Gasteiger partial charge in [-0.1, -0.05) is 27.2 Å². The van der Waals surface area contributed by atoms with E-state index in [0.29, 0.717) is 0 Å². The molecule has 1 rings (SSSR count). The molecule has 2 atom stereocenters. The molecule has 0 amide bonds. The summed E-state index contributed by atoms with van der Waals surface area (Å²) in [7, 11) is 2.30. The number of likely N-dealkylation sites (tertiary alicyclic amines) is 1. The molecule has 1 heteroatoms. The van der Waals surface area contributed by atoms with Crippen LogP contribution in [0.1, 0.15) is 46.5 Å². The van der Waals surface area contributed by atoms with Crippen molar-refractivity contribution in [3.05, 3.63) is 0 Å². The summed E-state index contributed by atoms with van der Waals surface area (Å²) in [5.74, 6) is 1.80. The highest BCUT2D eigenvalue weighted by atomic mass is 15.1. The highest BCUT2D eigenvalue weighted by molar-refractivity contribution is 4.81. The van der Waals surface area contributed by atoms with E-state index in [-0.39, 0.29) is 0 Å². The normalized spacial score (nSPS) is 31.2. The molecule has 0 aromatic rings. The van der Waals surface area contributed by atoms with Gasteiger partial charge in [0.05, 0.1) is 0 Å². The Hall–Kier alpha value is -0.0400. The molecule has 0 radical (unpaired) electrons. The second-order valence-electron chi connectivity index (χ2n) is 4.98. The van der Waals surface area contributed by atoms with Gasteiger partial charge in [0, 0.05) is 12.6 Å². The fraction of sp³-hybridized carbons (Fsp3) is 1.00. The van der Waals surface area contributed by atoms with Gasteiger partial charge in [-0.2, -0.15) is 0 Å². The molecule has 0 aromatic carbocycles. The van der Waals surface area contributed by atoms with E-state index in [4.69, 9.17) is 0 Å². The Morgan fingerprint density at radius 1 is 1.31 bits per heavy atom. The van der Waals surface area contributed by atoms with Gasteiger partial charge in [-0.05, 0) is 38.1 Å². The number of nitrogens with zero attached hydrogens (tertiary/aromatic N) is 1. The first-order valence-electron chi connectivity index (χ1n) is 5.85. The predicted octanol–water partition coefficient (Wildman–Crippen LogP) is 3.15. The van der Waals surface area contributed by atoms with Gasteiger partial charge in [0.25, 0.3) is 0 Å². The van der Waals surface area contributed by atoms with Crippen LogP contribution in [0.5, 0.6) is 0 Å². The van der Waals surface area contributed by atoms with Gasteiger partial charge in [0.2, 0.25) is 0 Å². The van der Waals surface area contributed by atoms with E-state index >= 15 is 0 Å². The summed E-state index contributed by atoms with van der Waals surface area (Å²) < 4.78 is 0. The van der Waals surface area contributed by atoms with Crippen LogP contribution >= 0.6 is 0 Å². The van der Waals surface area contributed by atoms with Crippen LogP contribution in [-0.2, 0) is 0 Å². The third-order valence-corrected chi connectivity index (χ3v) is 3.45. The minimum absolute atomic E-state index is 0.826. The maximum atomic E-state index is 2.58. The van der Waals surface area contributed by atoms with Crippen molar-refractivity contribution in [3.8, 4) is 0 Å². The smallest absolute Gasteiger partial charge is 0.0115 e. The summed E-state index contributed by atoms with van der Waals surface area (Å²) in [4.78, 5) is 2.58. The molecular formula is C12H25N. The molecule has 1 aliphatic rings. The molecule has 1 aliphatic heterocycles. The van der Waals surface area contributed by atoms with Crippen LogP contribution in [-0.4, -0.2) is 24.5 Å². The van der Waals surface area contributed by atoms with Gasteiger partial charge in [-0.3, -0.25) is 0 Å². The molecule has 78 valence electrons. The number of rotatable bonds is 3. The molecular weight excluding hydrogens is 158 g/mol. The highest BCUT2D eigenvalue weighted by Crippen LogP contribution is 2.27. The molecule has 1 nitrogen and oxygen atoms in total. The molecule has 1 saturated heterocycles. The topological polar surface area (TPSA) is 3.24 Å². The SMILES string of the molecule is CCCC1CCC(C(C)C)N(C)C1. The second-order valence-corrected chi connectivity index (χ2v) is 4.98. The van der Waals surface area contributed by atoms with Gasteiger partial charge in [-0.25, -0.2) is 0 Å². The average molecular weight is 183 g/mol. The molecule has 0 saturated carbocycles. The van der Waals surface area contributed by atoms with Crippen molar-refractivity contribution in [2.45, 2.75) is 52.5 Å². The van der Waals surface area contributed by atoms with Gasteiger partial charge in [-0.15, -0.1) is 0 Å². The zero-order valence-electron chi connectivity index (χ0n) is 9.71. The fourth-order valence-corrected chi connectivity index (χ4v) is 2.75. The van der Waals surface area contributed by atoms with Crippen molar-refractivity contribution in [3.63, 3.8) is 0 Å². The van der Waals surface area contributed by atoms with Crippen molar-refractivity contribution < 1.29 is 0 Å². The Labute approximate surface area is 83.5 Å². The van der Waals surface area contributed by atoms with Gasteiger partial charge < -0.3 is 4.90 Å². The monoisotopic (exact) mass is 183 g/mol. The summed E-state index contributed by atoms with van der Waals surface area (Å²) >= 11 is 0. The molecule has 0 N–H and O–H groups in total. The summed E-state index contributed by atoms with van der Waals surface area (Å²) in [6, 6.07) is 0.841. The average Bonchev–Trinajstić information content (AvgIpc) is 2.04. The van der Waals surface area contributed by atoms with E-state index in [2.05, 4.69) is 32.7 Å². The minimum atomic E-state index is 0.826. The standard InChI is InChI=1S/C12H25N/c1-5-6-11-7-8-12(10(2)3)13(4)9-11/h10-12H,5-9H2,1-4H3. The van der Waals surface area contributed by atoms with Crippen molar-refractivity contribution in [1.29, 1.82) is 0 Å². The minimum Gasteiger partial charge on any atom is -0.303 e. The number of hydrogen-bond acceptors (Lipinski definition) is 1. The number of piperidine rings is 1. The van der Waals surface area contributed by atoms with E-state index in [1.165, 1.54) is 32.2 Å². The van der Waals surface area contributed by atoms with Crippen LogP contribution in [0.4, 0.5) is 0 Å². The predicted molar refractivity (Wildman–Crippen MR) is 58.9 cm³/mol. The molecule has 0 bridgehead atoms. The van der Waals surface area contributed by atoms with Crippen LogP contribution in [0.25, 0.3) is 0 Å². The van der Waals surface area contributed by atoms with Crippen molar-refractivity contribution in [2.24, 2.45) is 11.8 Å². The first-order chi connectivity index (χ1) is 6.15. The summed E-state index contributed by atoms with van der Waals surface area (Å²) in [6.07, 6.45) is 5.65. The van der Waals surface area contributed by atoms with Crippen LogP contribution in [0.15, 0.2) is 0 Å². The lowest BCUT2D eigenvalue weighted by molar-refractivity contribution is 0.101. The Bertz CT molecular complexity index is 142.